The molecule has 0 spiro atoms. The van der Waals surface area contributed by atoms with Crippen LogP contribution in [0.2, 0.25) is 0 Å². The van der Waals surface area contributed by atoms with Gasteiger partial charge in [-0.15, -0.1) is 0 Å². The molecule has 0 radical (unpaired) electrons. The van der Waals surface area contributed by atoms with Gasteiger partial charge in [-0.2, -0.15) is 10.1 Å². The molecule has 2 aromatic carbocycles. The van der Waals surface area contributed by atoms with Gasteiger partial charge in [0.1, 0.15) is 11.6 Å². The topological polar surface area (TPSA) is 94.0 Å². The van der Waals surface area contributed by atoms with E-state index in [4.69, 9.17) is 4.74 Å². The third-order valence-corrected chi connectivity index (χ3v) is 5.32. The van der Waals surface area contributed by atoms with Crippen LogP contribution in [0.15, 0.2) is 54.6 Å². The lowest BCUT2D eigenvalue weighted by Crippen LogP contribution is -2.19. The smallest absolute Gasteiger partial charge is 0.323 e. The summed E-state index contributed by atoms with van der Waals surface area (Å²) in [4.78, 5) is 21.1. The average molecular weight is 443 g/mol. The molecule has 2 N–H and O–H groups in total. The maximum Gasteiger partial charge on any atom is 0.323 e. The van der Waals surface area contributed by atoms with Gasteiger partial charge < -0.3 is 15.4 Å². The lowest BCUT2D eigenvalue weighted by Gasteiger charge is -2.10. The number of amides is 2. The van der Waals surface area contributed by atoms with Crippen LogP contribution in [-0.4, -0.2) is 25.8 Å². The van der Waals surface area contributed by atoms with Crippen molar-refractivity contribution < 1.29 is 9.53 Å². The Hall–Kier alpha value is -4.20. The Labute approximate surface area is 192 Å². The second-order valence-corrected chi connectivity index (χ2v) is 7.89. The highest BCUT2D eigenvalue weighted by atomic mass is 16.5. The number of carbonyl (C=O) groups excluding carboxylic acids is 1. The standard InChI is InChI=1S/C25H26N6O2/c1-15-6-8-20(9-7-15)28-25(32)29-21-10-12-22(13-11-21)33-24-14-23(26-19(5)27-24)31-18(4)16(2)17(3)30-31/h6-14H,1-5H3,(H2,28,29,32). The minimum Gasteiger partial charge on any atom is -0.439 e. The van der Waals surface area contributed by atoms with Crippen molar-refractivity contribution in [1.29, 1.82) is 0 Å². The zero-order valence-corrected chi connectivity index (χ0v) is 19.3. The van der Waals surface area contributed by atoms with E-state index in [1.54, 1.807) is 35.0 Å². The monoisotopic (exact) mass is 442 g/mol. The molecule has 0 fully saturated rings. The van der Waals surface area contributed by atoms with Crippen LogP contribution in [0.5, 0.6) is 11.6 Å². The second-order valence-electron chi connectivity index (χ2n) is 7.89. The molecule has 0 atom stereocenters. The molecule has 0 aliphatic carbocycles. The van der Waals surface area contributed by atoms with Gasteiger partial charge in [0.05, 0.1) is 5.69 Å². The summed E-state index contributed by atoms with van der Waals surface area (Å²) in [5, 5.41) is 10.2. The molecule has 0 aliphatic rings. The molecule has 2 aromatic heterocycles. The van der Waals surface area contributed by atoms with Gasteiger partial charge in [0.15, 0.2) is 5.82 Å². The lowest BCUT2D eigenvalue weighted by molar-refractivity contribution is 0.262. The molecular weight excluding hydrogens is 416 g/mol. The Morgan fingerprint density at radius 1 is 0.848 bits per heavy atom. The molecule has 8 nitrogen and oxygen atoms in total. The molecule has 2 amide bonds. The van der Waals surface area contributed by atoms with Gasteiger partial charge in [-0.25, -0.2) is 14.5 Å². The van der Waals surface area contributed by atoms with Crippen molar-refractivity contribution in [2.24, 2.45) is 0 Å². The summed E-state index contributed by atoms with van der Waals surface area (Å²) in [6.45, 7) is 9.83. The normalized spacial score (nSPS) is 10.7. The number of aryl methyl sites for hydroxylation is 3. The summed E-state index contributed by atoms with van der Waals surface area (Å²) in [5.74, 6) is 2.24. The number of anilines is 2. The van der Waals surface area contributed by atoms with Crippen LogP contribution in [0.3, 0.4) is 0 Å². The number of benzene rings is 2. The van der Waals surface area contributed by atoms with Crippen molar-refractivity contribution in [2.45, 2.75) is 34.6 Å². The van der Waals surface area contributed by atoms with Gasteiger partial charge in [-0.1, -0.05) is 17.7 Å². The first kappa shape index (κ1) is 22.0. The first-order valence-corrected chi connectivity index (χ1v) is 10.6. The molecule has 0 saturated carbocycles. The number of nitrogens with one attached hydrogen (secondary N) is 2. The minimum absolute atomic E-state index is 0.316. The molecule has 4 rings (SSSR count). The Kier molecular flexibility index (Phi) is 6.08. The lowest BCUT2D eigenvalue weighted by atomic mass is 10.2. The van der Waals surface area contributed by atoms with E-state index in [9.17, 15) is 4.79 Å². The van der Waals surface area contributed by atoms with Crippen molar-refractivity contribution in [3.63, 3.8) is 0 Å². The fourth-order valence-electron chi connectivity index (χ4n) is 3.29. The first-order valence-electron chi connectivity index (χ1n) is 10.6. The van der Waals surface area contributed by atoms with E-state index in [0.29, 0.717) is 29.0 Å². The van der Waals surface area contributed by atoms with E-state index in [1.807, 2.05) is 58.9 Å². The minimum atomic E-state index is -0.316. The molecule has 2 heterocycles. The first-order chi connectivity index (χ1) is 15.8. The predicted octanol–water partition coefficient (Wildman–Crippen LogP) is 5.64. The highest BCUT2D eigenvalue weighted by molar-refractivity contribution is 5.99. The van der Waals surface area contributed by atoms with Crippen molar-refractivity contribution in [2.75, 3.05) is 10.6 Å². The number of hydrogen-bond acceptors (Lipinski definition) is 5. The van der Waals surface area contributed by atoms with Crippen LogP contribution in [0.1, 0.15) is 28.3 Å². The van der Waals surface area contributed by atoms with Crippen LogP contribution >= 0.6 is 0 Å². The van der Waals surface area contributed by atoms with Gasteiger partial charge in [-0.05, 0) is 76.6 Å². The average Bonchev–Trinajstić information content (AvgIpc) is 3.04. The summed E-state index contributed by atoms with van der Waals surface area (Å²) in [7, 11) is 0. The zero-order valence-electron chi connectivity index (χ0n) is 19.3. The summed E-state index contributed by atoms with van der Waals surface area (Å²) in [6.07, 6.45) is 0. The predicted molar refractivity (Wildman–Crippen MR) is 128 cm³/mol. The van der Waals surface area contributed by atoms with Crippen LogP contribution < -0.4 is 15.4 Å². The molecule has 0 unspecified atom stereocenters. The number of aromatic nitrogens is 4. The van der Waals surface area contributed by atoms with Crippen LogP contribution in [0, 0.1) is 34.6 Å². The zero-order chi connectivity index (χ0) is 23.5. The Balaban J connectivity index is 1.44. The van der Waals surface area contributed by atoms with Crippen LogP contribution in [0.4, 0.5) is 16.2 Å². The third kappa shape index (κ3) is 5.17. The van der Waals surface area contributed by atoms with Gasteiger partial charge in [0.2, 0.25) is 5.88 Å². The van der Waals surface area contributed by atoms with Gasteiger partial charge >= 0.3 is 6.03 Å². The summed E-state index contributed by atoms with van der Waals surface area (Å²) in [6, 6.07) is 16.1. The molecule has 168 valence electrons. The van der Waals surface area contributed by atoms with Gasteiger partial charge in [0.25, 0.3) is 0 Å². The molecular formula is C25H26N6O2. The summed E-state index contributed by atoms with van der Waals surface area (Å²) >= 11 is 0. The third-order valence-electron chi connectivity index (χ3n) is 5.32. The fourth-order valence-corrected chi connectivity index (χ4v) is 3.29. The van der Waals surface area contributed by atoms with E-state index < -0.39 is 0 Å². The highest BCUT2D eigenvalue weighted by Crippen LogP contribution is 2.24. The van der Waals surface area contributed by atoms with Gasteiger partial charge in [-0.3, -0.25) is 0 Å². The van der Waals surface area contributed by atoms with Crippen LogP contribution in [0.25, 0.3) is 5.82 Å². The van der Waals surface area contributed by atoms with Crippen molar-refractivity contribution in [3.8, 4) is 17.4 Å². The maximum atomic E-state index is 12.2. The largest absolute Gasteiger partial charge is 0.439 e. The number of nitrogens with zero attached hydrogens (tertiary/aromatic N) is 4. The van der Waals surface area contributed by atoms with E-state index in [-0.39, 0.29) is 6.03 Å². The van der Waals surface area contributed by atoms with Crippen molar-refractivity contribution in [1.82, 2.24) is 19.7 Å². The molecule has 4 aromatic rings. The van der Waals surface area contributed by atoms with E-state index >= 15 is 0 Å². The summed E-state index contributed by atoms with van der Waals surface area (Å²) < 4.78 is 7.74. The Bertz CT molecular complexity index is 1290. The molecule has 0 bridgehead atoms. The van der Waals surface area contributed by atoms with E-state index in [2.05, 4.69) is 25.7 Å². The summed E-state index contributed by atoms with van der Waals surface area (Å²) in [5.41, 5.74) is 5.61. The number of ether oxygens (including phenoxy) is 1. The van der Waals surface area contributed by atoms with Crippen molar-refractivity contribution >= 4 is 17.4 Å². The second kappa shape index (κ2) is 9.12. The molecule has 0 aliphatic heterocycles. The molecule has 8 heteroatoms. The fraction of sp³-hybridized carbons (Fsp3) is 0.200. The number of hydrogen-bond donors (Lipinski definition) is 2. The number of urea groups is 1. The van der Waals surface area contributed by atoms with E-state index in [1.165, 1.54) is 0 Å². The Morgan fingerprint density at radius 2 is 1.45 bits per heavy atom. The molecule has 0 saturated heterocycles. The quantitative estimate of drug-likeness (QED) is 0.417. The SMILES string of the molecule is Cc1ccc(NC(=O)Nc2ccc(Oc3cc(-n4nc(C)c(C)c4C)nc(C)n3)cc2)cc1. The van der Waals surface area contributed by atoms with Crippen molar-refractivity contribution in [3.05, 3.63) is 82.9 Å². The maximum absolute atomic E-state index is 12.2. The highest BCUT2D eigenvalue weighted by Gasteiger charge is 2.13. The van der Waals surface area contributed by atoms with Gasteiger partial charge in [0, 0.05) is 23.1 Å². The Morgan fingerprint density at radius 3 is 2.03 bits per heavy atom. The van der Waals surface area contributed by atoms with Crippen LogP contribution in [-0.2, 0) is 0 Å². The van der Waals surface area contributed by atoms with E-state index in [0.717, 1.165) is 28.2 Å². The number of rotatable bonds is 5. The number of carbonyl (C=O) groups is 1. The molecule has 33 heavy (non-hydrogen) atoms.